The van der Waals surface area contributed by atoms with Crippen molar-refractivity contribution in [3.05, 3.63) is 52.9 Å². The fraction of sp³-hybridized carbons (Fsp3) is 0.421. The summed E-state index contributed by atoms with van der Waals surface area (Å²) in [5.74, 6) is -0.271. The van der Waals surface area contributed by atoms with E-state index in [1.54, 1.807) is 29.5 Å². The fourth-order valence-electron chi connectivity index (χ4n) is 3.33. The van der Waals surface area contributed by atoms with Gasteiger partial charge in [0.1, 0.15) is 4.21 Å². The Balaban J connectivity index is 1.69. The smallest absolute Gasteiger partial charge is 0.252 e. The van der Waals surface area contributed by atoms with Crippen molar-refractivity contribution in [3.8, 4) is 0 Å². The lowest BCUT2D eigenvalue weighted by molar-refractivity contribution is -0.135. The molecule has 1 amide bonds. The maximum absolute atomic E-state index is 12.9. The summed E-state index contributed by atoms with van der Waals surface area (Å²) in [6, 6.07) is 11.4. The summed E-state index contributed by atoms with van der Waals surface area (Å²) < 4.78 is 27.3. The molecule has 1 saturated heterocycles. The van der Waals surface area contributed by atoms with E-state index >= 15 is 0 Å². The van der Waals surface area contributed by atoms with E-state index in [0.29, 0.717) is 23.7 Å². The van der Waals surface area contributed by atoms with Crippen LogP contribution in [0.1, 0.15) is 24.0 Å². The minimum atomic E-state index is -3.50. The number of piperidine rings is 1. The highest BCUT2D eigenvalue weighted by Gasteiger charge is 2.34. The van der Waals surface area contributed by atoms with E-state index in [1.807, 2.05) is 31.2 Å². The highest BCUT2D eigenvalue weighted by Crippen LogP contribution is 2.27. The molecule has 1 aliphatic rings. The molecule has 1 atom stereocenters. The summed E-state index contributed by atoms with van der Waals surface area (Å²) in [4.78, 5) is 14.6. The summed E-state index contributed by atoms with van der Waals surface area (Å²) in [7, 11) is -1.70. The maximum Gasteiger partial charge on any atom is 0.252 e. The second-order valence-corrected chi connectivity index (χ2v) is 9.87. The number of thiophene rings is 1. The summed E-state index contributed by atoms with van der Waals surface area (Å²) in [6.07, 6.45) is 1.44. The molecular formula is C19H24N2O3S2. The van der Waals surface area contributed by atoms with Gasteiger partial charge in [-0.05, 0) is 42.3 Å². The van der Waals surface area contributed by atoms with Gasteiger partial charge in [-0.1, -0.05) is 30.3 Å². The average Bonchev–Trinajstić information content (AvgIpc) is 3.18. The third-order valence-corrected chi connectivity index (χ3v) is 8.11. The van der Waals surface area contributed by atoms with Crippen molar-refractivity contribution in [2.24, 2.45) is 5.92 Å². The number of carbonyl (C=O) groups is 1. The quantitative estimate of drug-likeness (QED) is 0.786. The van der Waals surface area contributed by atoms with E-state index in [2.05, 4.69) is 0 Å². The lowest BCUT2D eigenvalue weighted by Crippen LogP contribution is -2.45. The first kappa shape index (κ1) is 19.1. The van der Waals surface area contributed by atoms with E-state index in [9.17, 15) is 13.2 Å². The van der Waals surface area contributed by atoms with Gasteiger partial charge in [-0.3, -0.25) is 4.79 Å². The van der Waals surface area contributed by atoms with E-state index in [-0.39, 0.29) is 18.4 Å². The van der Waals surface area contributed by atoms with Gasteiger partial charge in [0, 0.05) is 26.7 Å². The standard InChI is InChI=1S/C19H24N2O3S2/c1-15-7-3-4-8-16(15)13-20(2)19(22)17-9-5-11-21(14-17)26(23,24)18-10-6-12-25-18/h3-4,6-8,10,12,17H,5,9,11,13-14H2,1-2H3/t17-/m0/s1. The SMILES string of the molecule is Cc1ccccc1CN(C)C(=O)[C@H]1CCCN(S(=O)(=O)c2cccs2)C1. The number of rotatable bonds is 5. The van der Waals surface area contributed by atoms with Gasteiger partial charge in [0.05, 0.1) is 5.92 Å². The van der Waals surface area contributed by atoms with Gasteiger partial charge < -0.3 is 4.90 Å². The van der Waals surface area contributed by atoms with Crippen molar-refractivity contribution in [1.29, 1.82) is 0 Å². The molecule has 0 aliphatic carbocycles. The van der Waals surface area contributed by atoms with Gasteiger partial charge in [0.25, 0.3) is 10.0 Å². The number of sulfonamides is 1. The molecule has 0 unspecified atom stereocenters. The normalized spacial score (nSPS) is 18.6. The Hall–Kier alpha value is -1.70. The Labute approximate surface area is 159 Å². The first-order valence-electron chi connectivity index (χ1n) is 8.72. The minimum absolute atomic E-state index is 0.0133. The van der Waals surface area contributed by atoms with Gasteiger partial charge in [-0.15, -0.1) is 11.3 Å². The van der Waals surface area contributed by atoms with E-state index in [0.717, 1.165) is 17.5 Å². The molecule has 2 heterocycles. The van der Waals surface area contributed by atoms with Gasteiger partial charge in [-0.2, -0.15) is 4.31 Å². The Bertz CT molecular complexity index is 863. The van der Waals surface area contributed by atoms with Gasteiger partial charge >= 0.3 is 0 Å². The van der Waals surface area contributed by atoms with Crippen LogP contribution in [0.2, 0.25) is 0 Å². The molecule has 1 aromatic carbocycles. The molecule has 0 spiro atoms. The Morgan fingerprint density at radius 2 is 2.04 bits per heavy atom. The summed E-state index contributed by atoms with van der Waals surface area (Å²) in [5.41, 5.74) is 2.26. The molecule has 0 N–H and O–H groups in total. The van der Waals surface area contributed by atoms with Gasteiger partial charge in [0.2, 0.25) is 5.91 Å². The predicted octanol–water partition coefficient (Wildman–Crippen LogP) is 3.12. The minimum Gasteiger partial charge on any atom is -0.341 e. The predicted molar refractivity (Wildman–Crippen MR) is 103 cm³/mol. The number of nitrogens with zero attached hydrogens (tertiary/aromatic N) is 2. The molecule has 26 heavy (non-hydrogen) atoms. The molecule has 7 heteroatoms. The lowest BCUT2D eigenvalue weighted by Gasteiger charge is -2.33. The largest absolute Gasteiger partial charge is 0.341 e. The third kappa shape index (κ3) is 4.00. The summed E-state index contributed by atoms with van der Waals surface area (Å²) >= 11 is 1.22. The monoisotopic (exact) mass is 392 g/mol. The Morgan fingerprint density at radius 3 is 2.73 bits per heavy atom. The first-order valence-corrected chi connectivity index (χ1v) is 11.0. The highest BCUT2D eigenvalue weighted by atomic mass is 32.2. The van der Waals surface area contributed by atoms with Crippen LogP contribution in [-0.2, 0) is 21.4 Å². The van der Waals surface area contributed by atoms with Crippen LogP contribution in [0.3, 0.4) is 0 Å². The van der Waals surface area contributed by atoms with Crippen LogP contribution in [-0.4, -0.2) is 43.7 Å². The van der Waals surface area contributed by atoms with Crippen molar-refractivity contribution in [2.75, 3.05) is 20.1 Å². The van der Waals surface area contributed by atoms with Crippen molar-refractivity contribution in [2.45, 2.75) is 30.5 Å². The number of hydrogen-bond donors (Lipinski definition) is 0. The fourth-order valence-corrected chi connectivity index (χ4v) is 6.00. The molecule has 140 valence electrons. The van der Waals surface area contributed by atoms with E-state index in [4.69, 9.17) is 0 Å². The molecule has 0 bridgehead atoms. The Kier molecular flexibility index (Phi) is 5.79. The number of hydrogen-bond acceptors (Lipinski definition) is 4. The summed E-state index contributed by atoms with van der Waals surface area (Å²) in [6.45, 7) is 3.31. The highest BCUT2D eigenvalue weighted by molar-refractivity contribution is 7.91. The molecule has 0 saturated carbocycles. The molecule has 3 rings (SSSR count). The van der Waals surface area contributed by atoms with Crippen molar-refractivity contribution in [1.82, 2.24) is 9.21 Å². The van der Waals surface area contributed by atoms with Crippen molar-refractivity contribution in [3.63, 3.8) is 0 Å². The molecule has 5 nitrogen and oxygen atoms in total. The zero-order valence-corrected chi connectivity index (χ0v) is 16.7. The number of benzene rings is 1. The lowest BCUT2D eigenvalue weighted by atomic mass is 9.98. The van der Waals surface area contributed by atoms with Gasteiger partial charge in [0.15, 0.2) is 0 Å². The van der Waals surface area contributed by atoms with E-state index in [1.165, 1.54) is 15.6 Å². The zero-order chi connectivity index (χ0) is 18.7. The Morgan fingerprint density at radius 1 is 1.27 bits per heavy atom. The van der Waals surface area contributed by atoms with Crippen LogP contribution < -0.4 is 0 Å². The van der Waals surface area contributed by atoms with Crippen LogP contribution in [0.4, 0.5) is 0 Å². The second kappa shape index (κ2) is 7.90. The third-order valence-electron chi connectivity index (χ3n) is 4.87. The molecule has 1 aliphatic heterocycles. The van der Waals surface area contributed by atoms with Crippen LogP contribution in [0.15, 0.2) is 46.0 Å². The molecule has 0 radical (unpaired) electrons. The molecule has 1 fully saturated rings. The van der Waals surface area contributed by atoms with Crippen LogP contribution in [0, 0.1) is 12.8 Å². The maximum atomic E-state index is 12.9. The molecular weight excluding hydrogens is 368 g/mol. The molecule has 2 aromatic rings. The van der Waals surface area contributed by atoms with Crippen LogP contribution in [0.25, 0.3) is 0 Å². The summed E-state index contributed by atoms with van der Waals surface area (Å²) in [5, 5.41) is 1.76. The number of aryl methyl sites for hydroxylation is 1. The van der Waals surface area contributed by atoms with Crippen LogP contribution in [0.5, 0.6) is 0 Å². The average molecular weight is 393 g/mol. The topological polar surface area (TPSA) is 57.7 Å². The van der Waals surface area contributed by atoms with Gasteiger partial charge in [-0.25, -0.2) is 8.42 Å². The van der Waals surface area contributed by atoms with Crippen LogP contribution >= 0.6 is 11.3 Å². The zero-order valence-electron chi connectivity index (χ0n) is 15.1. The second-order valence-electron chi connectivity index (χ2n) is 6.76. The number of carbonyl (C=O) groups excluding carboxylic acids is 1. The number of amides is 1. The first-order chi connectivity index (χ1) is 12.4. The van der Waals surface area contributed by atoms with Crippen molar-refractivity contribution < 1.29 is 13.2 Å². The molecule has 1 aromatic heterocycles. The van der Waals surface area contributed by atoms with Crippen molar-refractivity contribution >= 4 is 27.3 Å². The van der Waals surface area contributed by atoms with E-state index < -0.39 is 10.0 Å².